The fraction of sp³-hybridized carbons (Fsp3) is 0.429. The number of nitrogens with one attached hydrogen (secondary N) is 2. The minimum absolute atomic E-state index is 0.0409. The van der Waals surface area contributed by atoms with Crippen molar-refractivity contribution in [2.45, 2.75) is 25.3 Å². The molecule has 1 saturated heterocycles. The van der Waals surface area contributed by atoms with Crippen molar-refractivity contribution in [2.24, 2.45) is 5.73 Å². The number of hydrogen-bond donors (Lipinski definition) is 3. The van der Waals surface area contributed by atoms with Crippen LogP contribution in [0.15, 0.2) is 24.3 Å². The molecule has 1 heterocycles. The Hall–Kier alpha value is -2.08. The average Bonchev–Trinajstić information content (AvgIpc) is 2.86. The molecule has 0 aromatic heterocycles. The van der Waals surface area contributed by atoms with E-state index in [0.29, 0.717) is 11.4 Å². The monoisotopic (exact) mass is 277 g/mol. The second kappa shape index (κ2) is 5.92. The molecule has 6 nitrogen and oxygen atoms in total. The molecule has 0 radical (unpaired) electrons. The molecule has 1 aromatic rings. The third-order valence-corrected chi connectivity index (χ3v) is 3.36. The summed E-state index contributed by atoms with van der Waals surface area (Å²) in [6.07, 6.45) is 1.84. The number of anilines is 1. The van der Waals surface area contributed by atoms with Crippen molar-refractivity contribution < 1.29 is 14.3 Å². The molecular weight excluding hydrogens is 258 g/mol. The van der Waals surface area contributed by atoms with Crippen LogP contribution in [0, 0.1) is 0 Å². The molecule has 1 aromatic carbocycles. The van der Waals surface area contributed by atoms with Gasteiger partial charge in [0.05, 0.1) is 5.54 Å². The highest BCUT2D eigenvalue weighted by Gasteiger charge is 2.35. The largest absolute Gasteiger partial charge is 0.484 e. The molecule has 108 valence electrons. The van der Waals surface area contributed by atoms with Crippen molar-refractivity contribution in [3.63, 3.8) is 0 Å². The zero-order valence-corrected chi connectivity index (χ0v) is 11.4. The summed E-state index contributed by atoms with van der Waals surface area (Å²) in [6.45, 7) is 2.61. The highest BCUT2D eigenvalue weighted by molar-refractivity contribution is 5.98. The number of carbonyl (C=O) groups excluding carboxylic acids is 2. The lowest BCUT2D eigenvalue weighted by molar-refractivity contribution is -0.121. The third kappa shape index (κ3) is 3.48. The number of ether oxygens (including phenoxy) is 1. The quantitative estimate of drug-likeness (QED) is 0.736. The van der Waals surface area contributed by atoms with Crippen LogP contribution in [0.25, 0.3) is 0 Å². The summed E-state index contributed by atoms with van der Waals surface area (Å²) >= 11 is 0. The van der Waals surface area contributed by atoms with Gasteiger partial charge in [-0.2, -0.15) is 0 Å². The number of benzene rings is 1. The van der Waals surface area contributed by atoms with E-state index in [4.69, 9.17) is 10.5 Å². The van der Waals surface area contributed by atoms with Crippen molar-refractivity contribution in [3.05, 3.63) is 24.3 Å². The summed E-state index contributed by atoms with van der Waals surface area (Å²) in [6, 6.07) is 6.82. The topological polar surface area (TPSA) is 93.4 Å². The third-order valence-electron chi connectivity index (χ3n) is 3.36. The summed E-state index contributed by atoms with van der Waals surface area (Å²) in [7, 11) is 0. The molecule has 4 N–H and O–H groups in total. The lowest BCUT2D eigenvalue weighted by atomic mass is 9.99. The zero-order chi connectivity index (χ0) is 14.6. The molecule has 0 bridgehead atoms. The van der Waals surface area contributed by atoms with Gasteiger partial charge in [0.25, 0.3) is 5.91 Å². The van der Waals surface area contributed by atoms with Gasteiger partial charge in [-0.05, 0) is 50.6 Å². The van der Waals surface area contributed by atoms with E-state index >= 15 is 0 Å². The van der Waals surface area contributed by atoms with E-state index in [9.17, 15) is 9.59 Å². The Balaban J connectivity index is 1.93. The Labute approximate surface area is 117 Å². The first-order chi connectivity index (χ1) is 9.49. The molecular formula is C14H19N3O3. The average molecular weight is 277 g/mol. The molecule has 1 atom stereocenters. The summed E-state index contributed by atoms with van der Waals surface area (Å²) in [4.78, 5) is 22.8. The van der Waals surface area contributed by atoms with Crippen molar-refractivity contribution >= 4 is 17.5 Å². The summed E-state index contributed by atoms with van der Waals surface area (Å²) in [5, 5.41) is 6.08. The molecule has 6 heteroatoms. The molecule has 1 aliphatic rings. The molecule has 0 aliphatic carbocycles. The molecule has 0 spiro atoms. The summed E-state index contributed by atoms with van der Waals surface area (Å²) < 4.78 is 5.15. The predicted octanol–water partition coefficient (Wildman–Crippen LogP) is 0.631. The molecule has 1 aliphatic heterocycles. The first kappa shape index (κ1) is 14.3. The number of hydrogen-bond acceptors (Lipinski definition) is 4. The van der Waals surface area contributed by atoms with E-state index in [1.807, 2.05) is 6.92 Å². The van der Waals surface area contributed by atoms with Crippen LogP contribution in [0.3, 0.4) is 0 Å². The Morgan fingerprint density at radius 2 is 2.10 bits per heavy atom. The smallest absolute Gasteiger partial charge is 0.255 e. The highest BCUT2D eigenvalue weighted by atomic mass is 16.5. The molecule has 0 saturated carbocycles. The Morgan fingerprint density at radius 1 is 1.40 bits per heavy atom. The van der Waals surface area contributed by atoms with Gasteiger partial charge in [-0.15, -0.1) is 0 Å². The van der Waals surface area contributed by atoms with Crippen LogP contribution in [0.4, 0.5) is 5.69 Å². The number of rotatable bonds is 5. The Morgan fingerprint density at radius 3 is 2.65 bits per heavy atom. The molecule has 20 heavy (non-hydrogen) atoms. The second-order valence-corrected chi connectivity index (χ2v) is 5.10. The van der Waals surface area contributed by atoms with Crippen LogP contribution in [0.2, 0.25) is 0 Å². The second-order valence-electron chi connectivity index (χ2n) is 5.10. The van der Waals surface area contributed by atoms with Crippen LogP contribution in [-0.2, 0) is 9.59 Å². The lowest BCUT2D eigenvalue weighted by Crippen LogP contribution is -2.47. The number of primary amides is 1. The van der Waals surface area contributed by atoms with E-state index in [-0.39, 0.29) is 12.5 Å². The SMILES string of the molecule is CC1(C(=O)Nc2ccc(OCC(N)=O)cc2)CCCN1. The molecule has 2 rings (SSSR count). The van der Waals surface area contributed by atoms with E-state index in [1.54, 1.807) is 24.3 Å². The van der Waals surface area contributed by atoms with Crippen LogP contribution in [0.1, 0.15) is 19.8 Å². The first-order valence-corrected chi connectivity index (χ1v) is 6.57. The first-order valence-electron chi connectivity index (χ1n) is 6.57. The summed E-state index contributed by atoms with van der Waals surface area (Å²) in [5.41, 5.74) is 5.18. The van der Waals surface area contributed by atoms with Gasteiger partial charge < -0.3 is 21.1 Å². The Bertz CT molecular complexity index is 493. The van der Waals surface area contributed by atoms with Gasteiger partial charge in [-0.25, -0.2) is 0 Å². The number of nitrogens with two attached hydrogens (primary N) is 1. The fourth-order valence-electron chi connectivity index (χ4n) is 2.15. The molecule has 2 amide bonds. The predicted molar refractivity (Wildman–Crippen MR) is 75.4 cm³/mol. The van der Waals surface area contributed by atoms with Crippen LogP contribution >= 0.6 is 0 Å². The van der Waals surface area contributed by atoms with Gasteiger partial charge in [0.2, 0.25) is 5.91 Å². The van der Waals surface area contributed by atoms with E-state index < -0.39 is 11.4 Å². The maximum absolute atomic E-state index is 12.2. The van der Waals surface area contributed by atoms with Crippen molar-refractivity contribution in [2.75, 3.05) is 18.5 Å². The van der Waals surface area contributed by atoms with Gasteiger partial charge in [-0.3, -0.25) is 9.59 Å². The van der Waals surface area contributed by atoms with E-state index in [1.165, 1.54) is 0 Å². The highest BCUT2D eigenvalue weighted by Crippen LogP contribution is 2.22. The maximum Gasteiger partial charge on any atom is 0.255 e. The standard InChI is InChI=1S/C14H19N3O3/c1-14(7-2-8-16-14)13(19)17-10-3-5-11(6-4-10)20-9-12(15)18/h3-6,16H,2,7-9H2,1H3,(H2,15,18)(H,17,19). The lowest BCUT2D eigenvalue weighted by Gasteiger charge is -2.23. The zero-order valence-electron chi connectivity index (χ0n) is 11.4. The van der Waals surface area contributed by atoms with Crippen LogP contribution in [0.5, 0.6) is 5.75 Å². The molecule has 1 unspecified atom stereocenters. The maximum atomic E-state index is 12.2. The fourth-order valence-corrected chi connectivity index (χ4v) is 2.15. The normalized spacial score (nSPS) is 21.4. The van der Waals surface area contributed by atoms with Gasteiger partial charge >= 0.3 is 0 Å². The van der Waals surface area contributed by atoms with Crippen molar-refractivity contribution in [1.29, 1.82) is 0 Å². The van der Waals surface area contributed by atoms with Crippen LogP contribution < -0.4 is 21.1 Å². The van der Waals surface area contributed by atoms with Gasteiger partial charge in [0.15, 0.2) is 6.61 Å². The van der Waals surface area contributed by atoms with Gasteiger partial charge in [0.1, 0.15) is 5.75 Å². The minimum atomic E-state index is -0.525. The number of carbonyl (C=O) groups is 2. The Kier molecular flexibility index (Phi) is 4.24. The van der Waals surface area contributed by atoms with Gasteiger partial charge in [-0.1, -0.05) is 0 Å². The van der Waals surface area contributed by atoms with Crippen molar-refractivity contribution in [1.82, 2.24) is 5.32 Å². The minimum Gasteiger partial charge on any atom is -0.484 e. The summed E-state index contributed by atoms with van der Waals surface area (Å²) in [5.74, 6) is -0.0320. The van der Waals surface area contributed by atoms with Crippen molar-refractivity contribution in [3.8, 4) is 5.75 Å². The van der Waals surface area contributed by atoms with Gasteiger partial charge in [0, 0.05) is 5.69 Å². The van der Waals surface area contributed by atoms with Crippen LogP contribution in [-0.4, -0.2) is 30.5 Å². The van der Waals surface area contributed by atoms with E-state index in [2.05, 4.69) is 10.6 Å². The molecule has 1 fully saturated rings. The number of amides is 2. The van der Waals surface area contributed by atoms with E-state index in [0.717, 1.165) is 19.4 Å².